The fourth-order valence-electron chi connectivity index (χ4n) is 3.34. The van der Waals surface area contributed by atoms with Gasteiger partial charge in [0, 0.05) is 17.7 Å². The molecule has 3 rings (SSSR count). The van der Waals surface area contributed by atoms with Crippen molar-refractivity contribution in [1.82, 2.24) is 0 Å². The third-order valence-electron chi connectivity index (χ3n) is 4.74. The lowest BCUT2D eigenvalue weighted by Crippen LogP contribution is -2.38. The lowest BCUT2D eigenvalue weighted by Gasteiger charge is -2.23. The second-order valence-electron chi connectivity index (χ2n) is 6.42. The van der Waals surface area contributed by atoms with Crippen LogP contribution in [0.25, 0.3) is 6.08 Å². The van der Waals surface area contributed by atoms with Crippen molar-refractivity contribution in [3.8, 4) is 0 Å². The molecule has 27 heavy (non-hydrogen) atoms. The minimum atomic E-state index is -1.25. The number of fused-ring (bicyclic) bond motifs is 1. The monoisotopic (exact) mass is 365 g/mol. The van der Waals surface area contributed by atoms with Crippen molar-refractivity contribution < 1.29 is 19.2 Å². The van der Waals surface area contributed by atoms with Crippen LogP contribution in [0, 0.1) is 15.5 Å². The standard InChI is InChI=1S/C21H19NO5/c1-2-27-20(24)21(14-16-7-3-4-8-18(16)19(21)23)13-5-6-15-9-11-17(12-10-15)22(25)26/h3-12H,2,13-14H2,1H3/b6-5+/t21-/m0/s1. The maximum atomic E-state index is 13.0. The summed E-state index contributed by atoms with van der Waals surface area (Å²) in [6, 6.07) is 13.3. The molecule has 0 saturated heterocycles. The van der Waals surface area contributed by atoms with Gasteiger partial charge in [0.2, 0.25) is 0 Å². The largest absolute Gasteiger partial charge is 0.465 e. The zero-order valence-electron chi connectivity index (χ0n) is 14.9. The molecular formula is C21H19NO5. The molecule has 0 aromatic heterocycles. The van der Waals surface area contributed by atoms with Crippen LogP contribution in [-0.2, 0) is 16.0 Å². The number of hydrogen-bond acceptors (Lipinski definition) is 5. The van der Waals surface area contributed by atoms with Gasteiger partial charge in [-0.15, -0.1) is 0 Å². The van der Waals surface area contributed by atoms with Gasteiger partial charge in [-0.05, 0) is 43.0 Å². The Bertz CT molecular complexity index is 916. The molecular weight excluding hydrogens is 346 g/mol. The van der Waals surface area contributed by atoms with Gasteiger partial charge in [-0.25, -0.2) is 0 Å². The number of allylic oxidation sites excluding steroid dienone is 1. The number of rotatable bonds is 6. The molecule has 1 aliphatic carbocycles. The van der Waals surface area contributed by atoms with Gasteiger partial charge in [-0.3, -0.25) is 19.7 Å². The van der Waals surface area contributed by atoms with Gasteiger partial charge < -0.3 is 4.74 Å². The van der Waals surface area contributed by atoms with Crippen molar-refractivity contribution in [1.29, 1.82) is 0 Å². The average molecular weight is 365 g/mol. The maximum Gasteiger partial charge on any atom is 0.320 e. The lowest BCUT2D eigenvalue weighted by atomic mass is 9.80. The predicted octanol–water partition coefficient (Wildman–Crippen LogP) is 3.99. The van der Waals surface area contributed by atoms with E-state index in [0.717, 1.165) is 11.1 Å². The van der Waals surface area contributed by atoms with Crippen molar-refractivity contribution >= 4 is 23.5 Å². The van der Waals surface area contributed by atoms with Crippen LogP contribution in [0.2, 0.25) is 0 Å². The van der Waals surface area contributed by atoms with Crippen molar-refractivity contribution in [3.05, 3.63) is 81.4 Å². The molecule has 0 radical (unpaired) electrons. The summed E-state index contributed by atoms with van der Waals surface area (Å²) in [5.74, 6) is -0.732. The van der Waals surface area contributed by atoms with Crippen LogP contribution in [-0.4, -0.2) is 23.3 Å². The van der Waals surface area contributed by atoms with E-state index in [9.17, 15) is 19.7 Å². The summed E-state index contributed by atoms with van der Waals surface area (Å²) in [4.78, 5) is 35.9. The highest BCUT2D eigenvalue weighted by molar-refractivity contribution is 6.16. The molecule has 138 valence electrons. The van der Waals surface area contributed by atoms with Crippen LogP contribution in [0.15, 0.2) is 54.6 Å². The van der Waals surface area contributed by atoms with Gasteiger partial charge in [0.05, 0.1) is 11.5 Å². The molecule has 0 spiro atoms. The summed E-state index contributed by atoms with van der Waals surface area (Å²) in [5.41, 5.74) is 0.921. The Balaban J connectivity index is 1.84. The minimum Gasteiger partial charge on any atom is -0.465 e. The number of carbonyl (C=O) groups excluding carboxylic acids is 2. The SMILES string of the molecule is CCOC(=O)[C@@]1(C/C=C/c2ccc([N+](=O)[O-])cc2)Cc2ccccc2C1=O. The Hall–Kier alpha value is -3.28. The Morgan fingerprint density at radius 3 is 2.56 bits per heavy atom. The molecule has 0 fully saturated rings. The van der Waals surface area contributed by atoms with Gasteiger partial charge >= 0.3 is 5.97 Å². The molecule has 0 aliphatic heterocycles. The number of ether oxygens (including phenoxy) is 1. The Morgan fingerprint density at radius 2 is 1.93 bits per heavy atom. The highest BCUT2D eigenvalue weighted by Crippen LogP contribution is 2.41. The van der Waals surface area contributed by atoms with Gasteiger partial charge in [0.15, 0.2) is 5.78 Å². The van der Waals surface area contributed by atoms with Crippen LogP contribution in [0.5, 0.6) is 0 Å². The average Bonchev–Trinajstić information content (AvgIpc) is 2.96. The fourth-order valence-corrected chi connectivity index (χ4v) is 3.34. The van der Waals surface area contributed by atoms with E-state index in [1.807, 2.05) is 12.1 Å². The van der Waals surface area contributed by atoms with E-state index in [2.05, 4.69) is 0 Å². The van der Waals surface area contributed by atoms with Crippen LogP contribution in [0.4, 0.5) is 5.69 Å². The third kappa shape index (κ3) is 3.51. The van der Waals surface area contributed by atoms with Crippen LogP contribution in [0.1, 0.15) is 34.8 Å². The van der Waals surface area contributed by atoms with E-state index in [1.165, 1.54) is 12.1 Å². The van der Waals surface area contributed by atoms with Crippen LogP contribution in [0.3, 0.4) is 0 Å². The number of non-ortho nitro benzene ring substituents is 1. The van der Waals surface area contributed by atoms with E-state index in [0.29, 0.717) is 12.0 Å². The Morgan fingerprint density at radius 1 is 1.22 bits per heavy atom. The molecule has 0 amide bonds. The normalized spacial score (nSPS) is 18.5. The smallest absolute Gasteiger partial charge is 0.320 e. The van der Waals surface area contributed by atoms with Crippen molar-refractivity contribution in [2.24, 2.45) is 5.41 Å². The molecule has 1 atom stereocenters. The Kier molecular flexibility index (Phi) is 5.16. The van der Waals surface area contributed by atoms with E-state index in [1.54, 1.807) is 43.3 Å². The molecule has 1 aliphatic rings. The number of hydrogen-bond donors (Lipinski definition) is 0. The zero-order chi connectivity index (χ0) is 19.4. The van der Waals surface area contributed by atoms with Crippen LogP contribution >= 0.6 is 0 Å². The molecule has 0 bridgehead atoms. The molecule has 6 heteroatoms. The quantitative estimate of drug-likeness (QED) is 0.334. The number of nitrogens with zero attached hydrogens (tertiary/aromatic N) is 1. The van der Waals surface area contributed by atoms with E-state index in [-0.39, 0.29) is 24.5 Å². The number of nitro groups is 1. The van der Waals surface area contributed by atoms with Crippen molar-refractivity contribution in [2.45, 2.75) is 19.8 Å². The van der Waals surface area contributed by atoms with E-state index < -0.39 is 16.3 Å². The Labute approximate surface area is 156 Å². The molecule has 0 unspecified atom stereocenters. The number of Topliss-reactive ketones (excluding diaryl/α,β-unsaturated/α-hetero) is 1. The second-order valence-corrected chi connectivity index (χ2v) is 6.42. The van der Waals surface area contributed by atoms with Gasteiger partial charge in [0.1, 0.15) is 5.41 Å². The highest BCUT2D eigenvalue weighted by atomic mass is 16.6. The van der Waals surface area contributed by atoms with Crippen LogP contribution < -0.4 is 0 Å². The number of carbonyl (C=O) groups is 2. The summed E-state index contributed by atoms with van der Waals surface area (Å²) >= 11 is 0. The highest BCUT2D eigenvalue weighted by Gasteiger charge is 2.51. The van der Waals surface area contributed by atoms with E-state index in [4.69, 9.17) is 4.74 Å². The maximum absolute atomic E-state index is 13.0. The number of ketones is 1. The first-order valence-corrected chi connectivity index (χ1v) is 8.69. The molecule has 0 saturated carbocycles. The first-order valence-electron chi connectivity index (χ1n) is 8.69. The molecule has 0 N–H and O–H groups in total. The van der Waals surface area contributed by atoms with Gasteiger partial charge in [0.25, 0.3) is 5.69 Å². The summed E-state index contributed by atoms with van der Waals surface area (Å²) in [6.45, 7) is 1.92. The van der Waals surface area contributed by atoms with Crippen molar-refractivity contribution in [3.63, 3.8) is 0 Å². The zero-order valence-corrected chi connectivity index (χ0v) is 14.9. The van der Waals surface area contributed by atoms with Gasteiger partial charge in [-0.1, -0.05) is 36.4 Å². The summed E-state index contributed by atoms with van der Waals surface area (Å²) < 4.78 is 5.21. The first-order chi connectivity index (χ1) is 13.0. The topological polar surface area (TPSA) is 86.5 Å². The molecule has 6 nitrogen and oxygen atoms in total. The summed E-state index contributed by atoms with van der Waals surface area (Å²) in [6.07, 6.45) is 4.02. The van der Waals surface area contributed by atoms with Crippen molar-refractivity contribution in [2.75, 3.05) is 6.61 Å². The summed E-state index contributed by atoms with van der Waals surface area (Å²) in [5, 5.41) is 10.7. The predicted molar refractivity (Wildman–Crippen MR) is 100 cm³/mol. The number of benzene rings is 2. The van der Waals surface area contributed by atoms with Gasteiger partial charge in [-0.2, -0.15) is 0 Å². The summed E-state index contributed by atoms with van der Waals surface area (Å²) in [7, 11) is 0. The van der Waals surface area contributed by atoms with E-state index >= 15 is 0 Å². The fraction of sp³-hybridized carbons (Fsp3) is 0.238. The molecule has 0 heterocycles. The number of esters is 1. The lowest BCUT2D eigenvalue weighted by molar-refractivity contribution is -0.384. The third-order valence-corrected chi connectivity index (χ3v) is 4.74. The minimum absolute atomic E-state index is 0.0107. The molecule has 2 aromatic carbocycles. The first kappa shape index (κ1) is 18.5. The number of nitro benzene ring substituents is 1. The molecule has 2 aromatic rings. The second kappa shape index (κ2) is 7.53.